The maximum Gasteiger partial charge on any atom is 0.256 e. The van der Waals surface area contributed by atoms with E-state index in [1.165, 1.54) is 6.33 Å². The van der Waals surface area contributed by atoms with Crippen LogP contribution in [-0.4, -0.2) is 20.9 Å². The molecule has 0 fully saturated rings. The molecule has 1 amide bonds. The van der Waals surface area contributed by atoms with E-state index in [-0.39, 0.29) is 5.91 Å². The summed E-state index contributed by atoms with van der Waals surface area (Å²) in [5.41, 5.74) is 9.03. The minimum Gasteiger partial charge on any atom is -0.383 e. The highest BCUT2D eigenvalue weighted by molar-refractivity contribution is 6.05. The number of hydrogen-bond acceptors (Lipinski definition) is 5. The zero-order chi connectivity index (χ0) is 17.9. The van der Waals surface area contributed by atoms with Gasteiger partial charge in [0.2, 0.25) is 0 Å². The van der Waals surface area contributed by atoms with Crippen LogP contribution in [0.1, 0.15) is 10.4 Å². The Kier molecular flexibility index (Phi) is 3.99. The van der Waals surface area contributed by atoms with Crippen LogP contribution < -0.4 is 11.1 Å². The molecule has 2 aromatic carbocycles. The minimum atomic E-state index is -0.218. The summed E-state index contributed by atoms with van der Waals surface area (Å²) < 4.78 is 0. The number of hydrogen-bond donors (Lipinski definition) is 2. The summed E-state index contributed by atoms with van der Waals surface area (Å²) in [5.74, 6) is 0.694. The number of anilines is 2. The number of carbonyl (C=O) groups is 1. The Morgan fingerprint density at radius 2 is 1.85 bits per heavy atom. The van der Waals surface area contributed by atoms with Gasteiger partial charge in [-0.3, -0.25) is 4.79 Å². The summed E-state index contributed by atoms with van der Waals surface area (Å²) in [7, 11) is 0. The molecule has 6 nitrogen and oxygen atoms in total. The lowest BCUT2D eigenvalue weighted by molar-refractivity contribution is 0.102. The first-order valence-corrected chi connectivity index (χ1v) is 7.96. The van der Waals surface area contributed by atoms with Crippen molar-refractivity contribution in [3.63, 3.8) is 0 Å². The van der Waals surface area contributed by atoms with E-state index < -0.39 is 0 Å². The number of nitrogens with zero attached hydrogens (tertiary/aromatic N) is 3. The quantitative estimate of drug-likeness (QED) is 0.596. The topological polar surface area (TPSA) is 93.8 Å². The Morgan fingerprint density at radius 3 is 2.62 bits per heavy atom. The molecule has 0 aliphatic carbocycles. The fraction of sp³-hybridized carbons (Fsp3) is 0. The molecule has 0 saturated heterocycles. The van der Waals surface area contributed by atoms with Crippen LogP contribution in [0.3, 0.4) is 0 Å². The molecule has 0 atom stereocenters. The third-order valence-corrected chi connectivity index (χ3v) is 3.98. The fourth-order valence-electron chi connectivity index (χ4n) is 2.73. The Hall–Kier alpha value is -3.80. The summed E-state index contributed by atoms with van der Waals surface area (Å²) in [5, 5.41) is 3.51. The number of carbonyl (C=O) groups excluding carboxylic acids is 1. The first kappa shape index (κ1) is 15.7. The van der Waals surface area contributed by atoms with Crippen LogP contribution in [0.5, 0.6) is 0 Å². The number of benzene rings is 2. The van der Waals surface area contributed by atoms with Gasteiger partial charge in [0.05, 0.1) is 10.9 Å². The van der Waals surface area contributed by atoms with Gasteiger partial charge < -0.3 is 11.1 Å². The molecule has 0 bridgehead atoms. The van der Waals surface area contributed by atoms with Crippen molar-refractivity contribution in [2.75, 3.05) is 11.1 Å². The van der Waals surface area contributed by atoms with Gasteiger partial charge in [-0.2, -0.15) is 0 Å². The summed E-state index contributed by atoms with van der Waals surface area (Å²) in [6, 6.07) is 19.4. The van der Waals surface area contributed by atoms with E-state index in [9.17, 15) is 4.79 Å². The van der Waals surface area contributed by atoms with Gasteiger partial charge in [-0.1, -0.05) is 30.3 Å². The second-order valence-electron chi connectivity index (χ2n) is 5.62. The van der Waals surface area contributed by atoms with Crippen LogP contribution in [0.4, 0.5) is 11.6 Å². The largest absolute Gasteiger partial charge is 0.383 e. The Labute approximate surface area is 149 Å². The fourth-order valence-corrected chi connectivity index (χ4v) is 2.73. The molecule has 2 aromatic heterocycles. The first-order valence-electron chi connectivity index (χ1n) is 7.96. The number of fused-ring (bicyclic) bond motifs is 1. The average molecular weight is 340 g/mol. The number of nitrogen functional groups attached to an aromatic ring is 1. The zero-order valence-electron chi connectivity index (χ0n) is 13.7. The lowest BCUT2D eigenvalue weighted by Crippen LogP contribution is -2.12. The Bertz CT molecular complexity index is 1070. The van der Waals surface area contributed by atoms with E-state index in [1.807, 2.05) is 24.3 Å². The van der Waals surface area contributed by atoms with Crippen LogP contribution in [-0.2, 0) is 0 Å². The molecule has 3 N–H and O–H groups in total. The lowest BCUT2D eigenvalue weighted by atomic mass is 9.99. The molecule has 1 radical (unpaired) electrons. The van der Waals surface area contributed by atoms with E-state index in [2.05, 4.69) is 26.3 Å². The van der Waals surface area contributed by atoms with E-state index in [1.54, 1.807) is 36.5 Å². The van der Waals surface area contributed by atoms with Gasteiger partial charge in [-0.25, -0.2) is 15.0 Å². The first-order chi connectivity index (χ1) is 12.7. The van der Waals surface area contributed by atoms with Crippen molar-refractivity contribution in [2.45, 2.75) is 0 Å². The molecule has 0 aliphatic rings. The summed E-state index contributed by atoms with van der Waals surface area (Å²) in [6.07, 6.45) is 3.05. The summed E-state index contributed by atoms with van der Waals surface area (Å²) in [4.78, 5) is 24.7. The average Bonchev–Trinajstić information content (AvgIpc) is 2.69. The number of amides is 1. The molecule has 0 spiro atoms. The molecular formula is C20H14N5O. The van der Waals surface area contributed by atoms with Crippen molar-refractivity contribution < 1.29 is 4.79 Å². The van der Waals surface area contributed by atoms with Gasteiger partial charge in [-0.05, 0) is 35.4 Å². The van der Waals surface area contributed by atoms with Crippen LogP contribution in [0.25, 0.3) is 22.0 Å². The number of rotatable bonds is 3. The van der Waals surface area contributed by atoms with E-state index in [4.69, 9.17) is 5.73 Å². The monoisotopic (exact) mass is 340 g/mol. The van der Waals surface area contributed by atoms with Crippen LogP contribution in [0, 0.1) is 6.07 Å². The third-order valence-electron chi connectivity index (χ3n) is 3.98. The summed E-state index contributed by atoms with van der Waals surface area (Å²) >= 11 is 0. The molecule has 4 rings (SSSR count). The van der Waals surface area contributed by atoms with Gasteiger partial charge in [-0.15, -0.1) is 0 Å². The maximum absolute atomic E-state index is 12.3. The van der Waals surface area contributed by atoms with E-state index in [0.717, 1.165) is 16.5 Å². The van der Waals surface area contributed by atoms with Crippen LogP contribution in [0.15, 0.2) is 67.1 Å². The zero-order valence-corrected chi connectivity index (χ0v) is 13.7. The standard InChI is InChI=1S/C20H14N5O/c21-19-18-15(4-3-5-16(18)23-12-24-19)13-7-9-14(10-8-13)20(26)25-17-6-1-2-11-22-17/h1-4,6-12H,(H2,21,23,24)(H,22,25,26). The Balaban J connectivity index is 1.66. The highest BCUT2D eigenvalue weighted by atomic mass is 16.1. The predicted molar refractivity (Wildman–Crippen MR) is 100 cm³/mol. The molecule has 4 aromatic rings. The molecule has 125 valence electrons. The second kappa shape index (κ2) is 6.60. The predicted octanol–water partition coefficient (Wildman–Crippen LogP) is 3.33. The van der Waals surface area contributed by atoms with Gasteiger partial charge >= 0.3 is 0 Å². The molecule has 0 saturated carbocycles. The normalized spacial score (nSPS) is 10.6. The summed E-state index contributed by atoms with van der Waals surface area (Å²) in [6.45, 7) is 0. The van der Waals surface area contributed by atoms with Gasteiger partial charge in [0.1, 0.15) is 18.0 Å². The van der Waals surface area contributed by atoms with Crippen molar-refractivity contribution in [1.82, 2.24) is 15.0 Å². The van der Waals surface area contributed by atoms with Crippen LogP contribution in [0.2, 0.25) is 0 Å². The highest BCUT2D eigenvalue weighted by Gasteiger charge is 2.11. The van der Waals surface area contributed by atoms with Crippen molar-refractivity contribution in [2.24, 2.45) is 0 Å². The maximum atomic E-state index is 12.3. The van der Waals surface area contributed by atoms with E-state index >= 15 is 0 Å². The number of nitrogens with one attached hydrogen (secondary N) is 1. The second-order valence-corrected chi connectivity index (χ2v) is 5.62. The number of nitrogens with two attached hydrogens (primary N) is 1. The smallest absolute Gasteiger partial charge is 0.256 e. The van der Waals surface area contributed by atoms with Crippen LogP contribution >= 0.6 is 0 Å². The molecule has 2 heterocycles. The van der Waals surface area contributed by atoms with Gasteiger partial charge in [0, 0.05) is 17.8 Å². The lowest BCUT2D eigenvalue weighted by Gasteiger charge is -2.09. The molecular weight excluding hydrogens is 326 g/mol. The number of aromatic nitrogens is 3. The van der Waals surface area contributed by atoms with Crippen molar-refractivity contribution in [1.29, 1.82) is 0 Å². The van der Waals surface area contributed by atoms with Crippen molar-refractivity contribution >= 4 is 28.4 Å². The highest BCUT2D eigenvalue weighted by Crippen LogP contribution is 2.30. The molecule has 6 heteroatoms. The molecule has 0 unspecified atom stereocenters. The minimum absolute atomic E-state index is 0.218. The van der Waals surface area contributed by atoms with Gasteiger partial charge in [0.25, 0.3) is 5.91 Å². The van der Waals surface area contributed by atoms with Gasteiger partial charge in [0.15, 0.2) is 0 Å². The van der Waals surface area contributed by atoms with E-state index in [0.29, 0.717) is 22.7 Å². The molecule has 26 heavy (non-hydrogen) atoms. The SMILES string of the molecule is Nc1ncnc2[c]ccc(-c3ccc(C(=O)Nc4ccccn4)cc3)c12. The van der Waals surface area contributed by atoms with Crippen molar-refractivity contribution in [3.8, 4) is 11.1 Å². The van der Waals surface area contributed by atoms with Crippen molar-refractivity contribution in [3.05, 3.63) is 78.8 Å². The Morgan fingerprint density at radius 1 is 1.00 bits per heavy atom. The number of pyridine rings is 1. The molecule has 0 aliphatic heterocycles. The third kappa shape index (κ3) is 2.95.